The van der Waals surface area contributed by atoms with Gasteiger partial charge in [-0.25, -0.2) is 4.98 Å². The Morgan fingerprint density at radius 1 is 1.17 bits per heavy atom. The second-order valence-electron chi connectivity index (χ2n) is 5.79. The molecule has 5 nitrogen and oxygen atoms in total. The van der Waals surface area contributed by atoms with Gasteiger partial charge in [-0.3, -0.25) is 9.89 Å². The molecule has 1 aromatic heterocycles. The highest BCUT2D eigenvalue weighted by Gasteiger charge is 2.16. The average Bonchev–Trinajstić information content (AvgIpc) is 3.04. The number of benzene rings is 1. The van der Waals surface area contributed by atoms with Crippen molar-refractivity contribution in [1.29, 1.82) is 0 Å². The molecule has 0 aliphatic carbocycles. The van der Waals surface area contributed by atoms with Crippen LogP contribution in [0.15, 0.2) is 30.3 Å². The molecule has 0 saturated heterocycles. The van der Waals surface area contributed by atoms with Crippen molar-refractivity contribution in [2.45, 2.75) is 46.0 Å². The van der Waals surface area contributed by atoms with Crippen molar-refractivity contribution in [3.8, 4) is 11.4 Å². The number of hydrogen-bond donors (Lipinski definition) is 2. The van der Waals surface area contributed by atoms with Crippen molar-refractivity contribution in [3.05, 3.63) is 36.2 Å². The number of hydrogen-bond acceptors (Lipinski definition) is 3. The van der Waals surface area contributed by atoms with Crippen LogP contribution in [0.5, 0.6) is 0 Å². The van der Waals surface area contributed by atoms with E-state index in [1.54, 1.807) is 0 Å². The minimum Gasteiger partial charge on any atom is -0.355 e. The van der Waals surface area contributed by atoms with Crippen molar-refractivity contribution in [2.24, 2.45) is 5.92 Å². The summed E-state index contributed by atoms with van der Waals surface area (Å²) < 4.78 is 0. The fraction of sp³-hybridized carbons (Fsp3) is 0.500. The van der Waals surface area contributed by atoms with E-state index in [1.165, 1.54) is 0 Å². The summed E-state index contributed by atoms with van der Waals surface area (Å²) in [4.78, 5) is 16.7. The Hall–Kier alpha value is -2.17. The van der Waals surface area contributed by atoms with E-state index >= 15 is 0 Å². The predicted octanol–water partition coefficient (Wildman–Crippen LogP) is 3.35. The molecule has 0 saturated carbocycles. The summed E-state index contributed by atoms with van der Waals surface area (Å²) in [5, 5.41) is 10.2. The number of amides is 1. The van der Waals surface area contributed by atoms with E-state index in [2.05, 4.69) is 34.3 Å². The first kappa shape index (κ1) is 17.2. The molecule has 5 heteroatoms. The van der Waals surface area contributed by atoms with Crippen LogP contribution < -0.4 is 5.32 Å². The van der Waals surface area contributed by atoms with Gasteiger partial charge in [0.05, 0.1) is 0 Å². The molecule has 0 aliphatic rings. The molecule has 1 amide bonds. The molecule has 2 N–H and O–H groups in total. The first-order valence-electron chi connectivity index (χ1n) is 8.49. The van der Waals surface area contributed by atoms with Crippen molar-refractivity contribution in [2.75, 3.05) is 6.54 Å². The fourth-order valence-electron chi connectivity index (χ4n) is 2.68. The molecule has 1 heterocycles. The van der Waals surface area contributed by atoms with Gasteiger partial charge < -0.3 is 5.32 Å². The van der Waals surface area contributed by atoms with E-state index < -0.39 is 0 Å². The molecule has 2 rings (SSSR count). The first-order chi connectivity index (χ1) is 11.2. The lowest BCUT2D eigenvalue weighted by Crippen LogP contribution is -2.32. The molecule has 2 aromatic rings. The normalized spacial score (nSPS) is 10.9. The van der Waals surface area contributed by atoms with Crippen LogP contribution in [-0.2, 0) is 11.2 Å². The number of nitrogens with one attached hydrogen (secondary N) is 2. The van der Waals surface area contributed by atoms with Crippen LogP contribution in [0.4, 0.5) is 0 Å². The van der Waals surface area contributed by atoms with Gasteiger partial charge in [0.1, 0.15) is 5.82 Å². The molecule has 0 radical (unpaired) electrons. The molecule has 0 fully saturated rings. The van der Waals surface area contributed by atoms with Crippen molar-refractivity contribution in [3.63, 3.8) is 0 Å². The lowest BCUT2D eigenvalue weighted by atomic mass is 9.97. The number of aromatic nitrogens is 3. The van der Waals surface area contributed by atoms with Gasteiger partial charge in [0.2, 0.25) is 5.91 Å². The Morgan fingerprint density at radius 2 is 1.87 bits per heavy atom. The zero-order valence-corrected chi connectivity index (χ0v) is 14.0. The van der Waals surface area contributed by atoms with Crippen LogP contribution in [0, 0.1) is 5.92 Å². The maximum Gasteiger partial charge on any atom is 0.223 e. The largest absolute Gasteiger partial charge is 0.355 e. The van der Waals surface area contributed by atoms with Crippen molar-refractivity contribution < 1.29 is 4.79 Å². The number of rotatable bonds is 9. The van der Waals surface area contributed by atoms with Gasteiger partial charge in [0.15, 0.2) is 5.82 Å². The third-order valence-electron chi connectivity index (χ3n) is 3.87. The second kappa shape index (κ2) is 9.08. The number of aromatic amines is 1. The minimum atomic E-state index is 0.139. The van der Waals surface area contributed by atoms with E-state index in [4.69, 9.17) is 0 Å². The number of nitrogens with zero attached hydrogens (tertiary/aromatic N) is 2. The Morgan fingerprint density at radius 3 is 2.52 bits per heavy atom. The van der Waals surface area contributed by atoms with E-state index in [-0.39, 0.29) is 11.8 Å². The van der Waals surface area contributed by atoms with E-state index in [9.17, 15) is 4.79 Å². The van der Waals surface area contributed by atoms with E-state index in [0.717, 1.165) is 37.1 Å². The summed E-state index contributed by atoms with van der Waals surface area (Å²) in [5.41, 5.74) is 0.991. The van der Waals surface area contributed by atoms with Crippen LogP contribution >= 0.6 is 0 Å². The highest BCUT2D eigenvalue weighted by molar-refractivity contribution is 5.78. The maximum atomic E-state index is 12.2. The van der Waals surface area contributed by atoms with Gasteiger partial charge in [-0.1, -0.05) is 57.0 Å². The summed E-state index contributed by atoms with van der Waals surface area (Å²) in [6.07, 6.45) is 4.66. The Bertz CT molecular complexity index is 588. The number of carbonyl (C=O) groups excluding carboxylic acids is 1. The SMILES string of the molecule is CCCC(CCC)C(=O)NCCc1nc(-c2ccccc2)n[nH]1. The maximum absolute atomic E-state index is 12.2. The van der Waals surface area contributed by atoms with Gasteiger partial charge in [-0.2, -0.15) is 5.10 Å². The molecule has 23 heavy (non-hydrogen) atoms. The second-order valence-corrected chi connectivity index (χ2v) is 5.79. The average molecular weight is 314 g/mol. The monoisotopic (exact) mass is 314 g/mol. The number of carbonyl (C=O) groups is 1. The van der Waals surface area contributed by atoms with Crippen LogP contribution in [0.2, 0.25) is 0 Å². The van der Waals surface area contributed by atoms with Crippen LogP contribution in [0.1, 0.15) is 45.4 Å². The summed E-state index contributed by atoms with van der Waals surface area (Å²) >= 11 is 0. The summed E-state index contributed by atoms with van der Waals surface area (Å²) in [5.74, 6) is 1.80. The van der Waals surface area contributed by atoms with Gasteiger partial charge >= 0.3 is 0 Å². The smallest absolute Gasteiger partial charge is 0.223 e. The van der Waals surface area contributed by atoms with Gasteiger partial charge in [-0.05, 0) is 12.8 Å². The fourth-order valence-corrected chi connectivity index (χ4v) is 2.68. The Balaban J connectivity index is 1.82. The standard InChI is InChI=1S/C18H26N4O/c1-3-8-15(9-4-2)18(23)19-13-12-16-20-17(22-21-16)14-10-6-5-7-11-14/h5-7,10-11,15H,3-4,8-9,12-13H2,1-2H3,(H,19,23)(H,20,21,22). The minimum absolute atomic E-state index is 0.139. The summed E-state index contributed by atoms with van der Waals surface area (Å²) in [7, 11) is 0. The summed E-state index contributed by atoms with van der Waals surface area (Å²) in [6.45, 7) is 4.83. The lowest BCUT2D eigenvalue weighted by Gasteiger charge is -2.14. The summed E-state index contributed by atoms with van der Waals surface area (Å²) in [6, 6.07) is 9.86. The molecule has 0 aliphatic heterocycles. The van der Waals surface area contributed by atoms with Crippen molar-refractivity contribution in [1.82, 2.24) is 20.5 Å². The molecule has 124 valence electrons. The van der Waals surface area contributed by atoms with E-state index in [0.29, 0.717) is 18.8 Å². The van der Waals surface area contributed by atoms with Crippen LogP contribution in [-0.4, -0.2) is 27.6 Å². The highest BCUT2D eigenvalue weighted by atomic mass is 16.1. The Labute approximate surface area is 137 Å². The van der Waals surface area contributed by atoms with Crippen LogP contribution in [0.3, 0.4) is 0 Å². The Kier molecular flexibility index (Phi) is 6.78. The molecule has 0 spiro atoms. The van der Waals surface area contributed by atoms with Gasteiger partial charge in [0.25, 0.3) is 0 Å². The van der Waals surface area contributed by atoms with Crippen LogP contribution in [0.25, 0.3) is 11.4 Å². The van der Waals surface area contributed by atoms with E-state index in [1.807, 2.05) is 30.3 Å². The molecule has 0 bridgehead atoms. The topological polar surface area (TPSA) is 70.7 Å². The van der Waals surface area contributed by atoms with Gasteiger partial charge in [0, 0.05) is 24.4 Å². The third kappa shape index (κ3) is 5.20. The van der Waals surface area contributed by atoms with Gasteiger partial charge in [-0.15, -0.1) is 0 Å². The predicted molar refractivity (Wildman–Crippen MR) is 91.8 cm³/mol. The molecule has 0 atom stereocenters. The molecular formula is C18H26N4O. The lowest BCUT2D eigenvalue weighted by molar-refractivity contribution is -0.125. The zero-order chi connectivity index (χ0) is 16.5. The third-order valence-corrected chi connectivity index (χ3v) is 3.87. The zero-order valence-electron chi connectivity index (χ0n) is 14.0. The molecular weight excluding hydrogens is 288 g/mol. The number of H-pyrrole nitrogens is 1. The molecule has 0 unspecified atom stereocenters. The highest BCUT2D eigenvalue weighted by Crippen LogP contribution is 2.14. The quantitative estimate of drug-likeness (QED) is 0.745. The molecule has 1 aromatic carbocycles. The first-order valence-corrected chi connectivity index (χ1v) is 8.49. The van der Waals surface area contributed by atoms with Crippen molar-refractivity contribution >= 4 is 5.91 Å².